The molecule has 1 aromatic carbocycles. The summed E-state index contributed by atoms with van der Waals surface area (Å²) in [5.41, 5.74) is 11.9. The number of nitrogens with two attached hydrogens (primary N) is 1. The molecule has 5 aromatic rings. The van der Waals surface area contributed by atoms with Gasteiger partial charge in [0, 0.05) is 49.9 Å². The van der Waals surface area contributed by atoms with Crippen molar-refractivity contribution in [1.29, 1.82) is 0 Å². The number of hydrogen-bond acceptors (Lipinski definition) is 13. The van der Waals surface area contributed by atoms with Crippen molar-refractivity contribution in [2.45, 2.75) is 140 Å². The van der Waals surface area contributed by atoms with Crippen molar-refractivity contribution in [3.8, 4) is 22.8 Å². The molecule has 9 rings (SSSR count). The lowest BCUT2D eigenvalue weighted by atomic mass is 9.89. The third-order valence-electron chi connectivity index (χ3n) is 13.6. The molecule has 16 nitrogen and oxygen atoms in total. The van der Waals surface area contributed by atoms with E-state index in [1.807, 2.05) is 22.0 Å². The Bertz CT molecular complexity index is 2440. The molecule has 3 saturated heterocycles. The van der Waals surface area contributed by atoms with Gasteiger partial charge >= 0.3 is 0 Å². The number of fused-ring (bicyclic) bond motifs is 1. The first-order valence-corrected chi connectivity index (χ1v) is 23.5. The number of nitrogens with one attached hydrogen (secondary N) is 2. The number of anilines is 2. The SMILES string of the molecule is CC(C)(C)n1nc(-c2noc(C3CC3)c2-c2ncc(C3CCN(C(=O)CCCCCCCN4CCC(c5ccc(NC6CCC(=O)NC6=O)cc5)CC4)CC3)cn2)c2c(N)ncnc21. The molecule has 4 aliphatic rings. The van der Waals surface area contributed by atoms with Crippen LogP contribution in [0.5, 0.6) is 0 Å². The lowest BCUT2D eigenvalue weighted by Crippen LogP contribution is -2.47. The van der Waals surface area contributed by atoms with Crippen molar-refractivity contribution < 1.29 is 18.9 Å². The Morgan fingerprint density at radius 1 is 0.812 bits per heavy atom. The van der Waals surface area contributed by atoms with Crippen molar-refractivity contribution in [2.75, 3.05) is 43.8 Å². The molecule has 64 heavy (non-hydrogen) atoms. The number of carbonyl (C=O) groups excluding carboxylic acids is 3. The van der Waals surface area contributed by atoms with Crippen molar-refractivity contribution in [3.63, 3.8) is 0 Å². The van der Waals surface area contributed by atoms with Gasteiger partial charge in [-0.05, 0) is 133 Å². The van der Waals surface area contributed by atoms with E-state index in [2.05, 4.69) is 75.7 Å². The lowest BCUT2D eigenvalue weighted by Gasteiger charge is -2.32. The second kappa shape index (κ2) is 18.8. The van der Waals surface area contributed by atoms with Crippen LogP contribution in [0.25, 0.3) is 33.8 Å². The van der Waals surface area contributed by atoms with E-state index < -0.39 is 0 Å². The standard InChI is InChI=1S/C48H62N12O4/c1-48(2,3)60-46-40(44(49)52-29-53-46)41(56-60)42-39(43(64-57-42)33-10-11-33)45-50-27-34(28-51-45)32-20-25-59(26-21-32)38(62)9-7-5-4-6-8-22-58-23-18-31(19-24-58)30-12-14-35(15-13-30)54-36-16-17-37(61)55-47(36)63/h12-15,27-29,31-33,36,54H,4-11,16-26H2,1-3H3,(H2,49,52,53)(H,55,61,63). The Labute approximate surface area is 374 Å². The molecule has 338 valence electrons. The Kier molecular flexibility index (Phi) is 12.7. The quantitative estimate of drug-likeness (QED) is 0.0699. The molecule has 1 atom stereocenters. The Hall–Kier alpha value is -5.77. The first kappa shape index (κ1) is 43.5. The fourth-order valence-corrected chi connectivity index (χ4v) is 9.73. The van der Waals surface area contributed by atoms with Crippen LogP contribution in [0, 0.1) is 0 Å². The van der Waals surface area contributed by atoms with E-state index in [0.29, 0.717) is 65.2 Å². The minimum absolute atomic E-state index is 0.197. The van der Waals surface area contributed by atoms with E-state index in [0.717, 1.165) is 107 Å². The zero-order valence-electron chi connectivity index (χ0n) is 37.5. The average Bonchev–Trinajstić information content (AvgIpc) is 3.92. The van der Waals surface area contributed by atoms with Crippen molar-refractivity contribution >= 4 is 40.3 Å². The van der Waals surface area contributed by atoms with E-state index >= 15 is 0 Å². The molecule has 16 heteroatoms. The number of rotatable bonds is 15. The molecular weight excluding hydrogens is 809 g/mol. The summed E-state index contributed by atoms with van der Waals surface area (Å²) in [6.45, 7) is 11.1. The van der Waals surface area contributed by atoms with Crippen LogP contribution in [0.3, 0.4) is 0 Å². The molecule has 4 N–H and O–H groups in total. The minimum Gasteiger partial charge on any atom is -0.383 e. The van der Waals surface area contributed by atoms with Crippen LogP contribution in [0.15, 0.2) is 47.5 Å². The molecule has 3 amide bonds. The van der Waals surface area contributed by atoms with E-state index in [1.165, 1.54) is 31.2 Å². The van der Waals surface area contributed by atoms with E-state index in [1.54, 1.807) is 0 Å². The summed E-state index contributed by atoms with van der Waals surface area (Å²) in [6, 6.07) is 8.11. The zero-order chi connectivity index (χ0) is 44.4. The average molecular weight is 871 g/mol. The van der Waals surface area contributed by atoms with Gasteiger partial charge in [-0.1, -0.05) is 36.6 Å². The summed E-state index contributed by atoms with van der Waals surface area (Å²) in [6.07, 6.45) is 18.6. The maximum absolute atomic E-state index is 13.2. The van der Waals surface area contributed by atoms with Crippen LogP contribution in [0.2, 0.25) is 0 Å². The van der Waals surface area contributed by atoms with Crippen LogP contribution < -0.4 is 16.4 Å². The fraction of sp³-hybridized carbons (Fsp3) is 0.562. The molecule has 0 spiro atoms. The normalized spacial score (nSPS) is 19.4. The molecule has 1 aliphatic carbocycles. The van der Waals surface area contributed by atoms with Gasteiger partial charge < -0.3 is 25.4 Å². The van der Waals surface area contributed by atoms with Gasteiger partial charge in [-0.3, -0.25) is 19.7 Å². The molecule has 1 unspecified atom stereocenters. The number of hydrogen-bond donors (Lipinski definition) is 3. The van der Waals surface area contributed by atoms with Crippen LogP contribution in [-0.4, -0.2) is 101 Å². The van der Waals surface area contributed by atoms with Crippen molar-refractivity contribution in [3.05, 3.63) is 59.9 Å². The number of likely N-dealkylation sites (tertiary alicyclic amines) is 2. The molecule has 4 aromatic heterocycles. The second-order valence-corrected chi connectivity index (χ2v) is 19.3. The summed E-state index contributed by atoms with van der Waals surface area (Å²) in [5, 5.41) is 15.8. The summed E-state index contributed by atoms with van der Waals surface area (Å²) in [4.78, 5) is 60.0. The first-order valence-electron chi connectivity index (χ1n) is 23.5. The van der Waals surface area contributed by atoms with E-state index in [9.17, 15) is 14.4 Å². The van der Waals surface area contributed by atoms with Crippen LogP contribution >= 0.6 is 0 Å². The minimum atomic E-state index is -0.361. The number of imide groups is 1. The van der Waals surface area contributed by atoms with Gasteiger partial charge in [0.15, 0.2) is 17.2 Å². The summed E-state index contributed by atoms with van der Waals surface area (Å²) in [7, 11) is 0. The zero-order valence-corrected chi connectivity index (χ0v) is 37.5. The predicted octanol–water partition coefficient (Wildman–Crippen LogP) is 7.30. The van der Waals surface area contributed by atoms with Gasteiger partial charge in [0.25, 0.3) is 0 Å². The molecular formula is C48H62N12O4. The number of aromatic nitrogens is 7. The highest BCUT2D eigenvalue weighted by molar-refractivity contribution is 6.02. The third kappa shape index (κ3) is 9.66. The molecule has 1 saturated carbocycles. The van der Waals surface area contributed by atoms with Gasteiger partial charge in [0.2, 0.25) is 17.7 Å². The van der Waals surface area contributed by atoms with Crippen molar-refractivity contribution in [1.82, 2.24) is 50.0 Å². The van der Waals surface area contributed by atoms with Crippen LogP contribution in [0.4, 0.5) is 11.5 Å². The van der Waals surface area contributed by atoms with Gasteiger partial charge in [0.05, 0.1) is 16.5 Å². The molecule has 4 fully saturated rings. The molecule has 7 heterocycles. The Morgan fingerprint density at radius 3 is 2.20 bits per heavy atom. The summed E-state index contributed by atoms with van der Waals surface area (Å²) >= 11 is 0. The predicted molar refractivity (Wildman–Crippen MR) is 244 cm³/mol. The Morgan fingerprint density at radius 2 is 1.50 bits per heavy atom. The lowest BCUT2D eigenvalue weighted by molar-refractivity contribution is -0.134. The number of piperidine rings is 3. The topological polar surface area (TPSA) is 203 Å². The second-order valence-electron chi connectivity index (χ2n) is 19.3. The van der Waals surface area contributed by atoms with Gasteiger partial charge in [-0.15, -0.1) is 0 Å². The summed E-state index contributed by atoms with van der Waals surface area (Å²) < 4.78 is 7.85. The number of carbonyl (C=O) groups is 3. The monoisotopic (exact) mass is 871 g/mol. The molecule has 0 bridgehead atoms. The number of amides is 3. The smallest absolute Gasteiger partial charge is 0.249 e. The number of benzene rings is 1. The van der Waals surface area contributed by atoms with E-state index in [4.69, 9.17) is 25.3 Å². The number of unbranched alkanes of at least 4 members (excludes halogenated alkanes) is 4. The van der Waals surface area contributed by atoms with E-state index in [-0.39, 0.29) is 35.2 Å². The maximum atomic E-state index is 13.2. The fourth-order valence-electron chi connectivity index (χ4n) is 9.73. The largest absolute Gasteiger partial charge is 0.383 e. The highest BCUT2D eigenvalue weighted by atomic mass is 16.5. The molecule has 3 aliphatic heterocycles. The van der Waals surface area contributed by atoms with Crippen LogP contribution in [-0.2, 0) is 19.9 Å². The first-order chi connectivity index (χ1) is 31.0. The highest BCUT2D eigenvalue weighted by Gasteiger charge is 2.37. The van der Waals surface area contributed by atoms with Gasteiger partial charge in [0.1, 0.15) is 29.6 Å². The molecule has 0 radical (unpaired) electrons. The number of nitrogens with zero attached hydrogens (tertiary/aromatic N) is 9. The van der Waals surface area contributed by atoms with Gasteiger partial charge in [-0.25, -0.2) is 24.6 Å². The van der Waals surface area contributed by atoms with Crippen LogP contribution in [0.1, 0.15) is 145 Å². The van der Waals surface area contributed by atoms with Gasteiger partial charge in [-0.2, -0.15) is 5.10 Å². The summed E-state index contributed by atoms with van der Waals surface area (Å²) in [5.74, 6) is 2.60. The number of nitrogen functional groups attached to an aromatic ring is 1. The third-order valence-corrected chi connectivity index (χ3v) is 13.6. The highest BCUT2D eigenvalue weighted by Crippen LogP contribution is 2.48. The van der Waals surface area contributed by atoms with Crippen molar-refractivity contribution in [2.24, 2.45) is 0 Å². The Balaban J connectivity index is 0.686. The maximum Gasteiger partial charge on any atom is 0.249 e.